The van der Waals surface area contributed by atoms with Crippen LogP contribution in [0.4, 0.5) is 0 Å². The summed E-state index contributed by atoms with van der Waals surface area (Å²) in [5.41, 5.74) is 1.66. The van der Waals surface area contributed by atoms with Crippen LogP contribution in [0.3, 0.4) is 0 Å². The molecule has 0 aliphatic carbocycles. The molecule has 0 radical (unpaired) electrons. The van der Waals surface area contributed by atoms with Crippen LogP contribution in [0.1, 0.15) is 16.1 Å². The molecule has 5 heteroatoms. The maximum absolute atomic E-state index is 12.2. The second-order valence-electron chi connectivity index (χ2n) is 4.36. The molecule has 0 saturated carbocycles. The van der Waals surface area contributed by atoms with Gasteiger partial charge in [-0.3, -0.25) is 9.48 Å². The molecule has 16 heavy (non-hydrogen) atoms. The van der Waals surface area contributed by atoms with Gasteiger partial charge in [-0.15, -0.1) is 0 Å². The van der Waals surface area contributed by atoms with E-state index in [1.54, 1.807) is 10.9 Å². The lowest BCUT2D eigenvalue weighted by molar-refractivity contribution is 0.0663. The monoisotopic (exact) mass is 222 g/mol. The summed E-state index contributed by atoms with van der Waals surface area (Å²) in [5.74, 6) is 0.110. The summed E-state index contributed by atoms with van der Waals surface area (Å²) in [6, 6.07) is 0. The average Bonchev–Trinajstić information content (AvgIpc) is 2.60. The van der Waals surface area contributed by atoms with Gasteiger partial charge in [0.1, 0.15) is 0 Å². The van der Waals surface area contributed by atoms with Crippen LogP contribution < -0.4 is 0 Å². The topological polar surface area (TPSA) is 41.4 Å². The van der Waals surface area contributed by atoms with Crippen LogP contribution in [-0.2, 0) is 7.05 Å². The molecule has 5 nitrogen and oxygen atoms in total. The standard InChI is InChI=1S/C11H18N4O/c1-9-10(8-12-14(9)3)11(16)15-6-4-13(2)5-7-15/h8H,4-7H2,1-3H3. The third-order valence-electron chi connectivity index (χ3n) is 3.26. The molecule has 0 atom stereocenters. The molecule has 1 aliphatic heterocycles. The van der Waals surface area contributed by atoms with E-state index in [2.05, 4.69) is 17.0 Å². The second-order valence-corrected chi connectivity index (χ2v) is 4.36. The molecule has 0 unspecified atom stereocenters. The van der Waals surface area contributed by atoms with Crippen molar-refractivity contribution in [2.45, 2.75) is 6.92 Å². The fourth-order valence-electron chi connectivity index (χ4n) is 1.89. The van der Waals surface area contributed by atoms with E-state index in [1.165, 1.54) is 0 Å². The smallest absolute Gasteiger partial charge is 0.257 e. The normalized spacial score (nSPS) is 17.8. The van der Waals surface area contributed by atoms with Crippen molar-refractivity contribution in [2.24, 2.45) is 7.05 Å². The molecule has 0 bridgehead atoms. The molecule has 1 amide bonds. The number of aryl methyl sites for hydroxylation is 1. The van der Waals surface area contributed by atoms with Gasteiger partial charge < -0.3 is 9.80 Å². The number of hydrogen-bond donors (Lipinski definition) is 0. The van der Waals surface area contributed by atoms with E-state index in [0.29, 0.717) is 0 Å². The highest BCUT2D eigenvalue weighted by atomic mass is 16.2. The third kappa shape index (κ3) is 1.95. The summed E-state index contributed by atoms with van der Waals surface area (Å²) in [7, 11) is 3.94. The van der Waals surface area contributed by atoms with Crippen molar-refractivity contribution in [2.75, 3.05) is 33.2 Å². The molecule has 0 aromatic carbocycles. The number of nitrogens with zero attached hydrogens (tertiary/aromatic N) is 4. The Labute approximate surface area is 95.6 Å². The van der Waals surface area contributed by atoms with Crippen molar-refractivity contribution in [3.63, 3.8) is 0 Å². The molecule has 1 fully saturated rings. The van der Waals surface area contributed by atoms with Crippen LogP contribution in [-0.4, -0.2) is 58.7 Å². The zero-order chi connectivity index (χ0) is 11.7. The van der Waals surface area contributed by atoms with Gasteiger partial charge in [-0.2, -0.15) is 5.10 Å². The van der Waals surface area contributed by atoms with Gasteiger partial charge in [-0.1, -0.05) is 0 Å². The van der Waals surface area contributed by atoms with E-state index in [1.807, 2.05) is 18.9 Å². The Bertz CT molecular complexity index is 391. The molecule has 1 aromatic heterocycles. The Kier molecular flexibility index (Phi) is 2.96. The molecule has 0 N–H and O–H groups in total. The van der Waals surface area contributed by atoms with Crippen LogP contribution in [0.15, 0.2) is 6.20 Å². The Morgan fingerprint density at radius 2 is 1.88 bits per heavy atom. The Morgan fingerprint density at radius 3 is 2.38 bits per heavy atom. The zero-order valence-corrected chi connectivity index (χ0v) is 10.1. The fraction of sp³-hybridized carbons (Fsp3) is 0.636. The van der Waals surface area contributed by atoms with Gasteiger partial charge in [-0.05, 0) is 14.0 Å². The first-order valence-electron chi connectivity index (χ1n) is 5.56. The first-order chi connectivity index (χ1) is 7.59. The lowest BCUT2D eigenvalue weighted by Gasteiger charge is -2.32. The molecular weight excluding hydrogens is 204 g/mol. The number of likely N-dealkylation sites (N-methyl/N-ethyl adjacent to an activating group) is 1. The number of aromatic nitrogens is 2. The van der Waals surface area contributed by atoms with Gasteiger partial charge in [0.25, 0.3) is 5.91 Å². The van der Waals surface area contributed by atoms with Crippen molar-refractivity contribution in [3.8, 4) is 0 Å². The number of piperazine rings is 1. The summed E-state index contributed by atoms with van der Waals surface area (Å²) in [5, 5.41) is 4.11. The highest BCUT2D eigenvalue weighted by Gasteiger charge is 2.22. The Morgan fingerprint density at radius 1 is 1.25 bits per heavy atom. The maximum Gasteiger partial charge on any atom is 0.257 e. The SMILES string of the molecule is Cc1c(C(=O)N2CCN(C)CC2)cnn1C. The fourth-order valence-corrected chi connectivity index (χ4v) is 1.89. The molecule has 2 rings (SSSR count). The molecule has 0 spiro atoms. The van der Waals surface area contributed by atoms with E-state index in [0.717, 1.165) is 37.4 Å². The van der Waals surface area contributed by atoms with Crippen molar-refractivity contribution < 1.29 is 4.79 Å². The molecule has 1 aromatic rings. The van der Waals surface area contributed by atoms with E-state index in [-0.39, 0.29) is 5.91 Å². The summed E-state index contributed by atoms with van der Waals surface area (Å²) in [6.45, 7) is 5.44. The summed E-state index contributed by atoms with van der Waals surface area (Å²) < 4.78 is 1.74. The lowest BCUT2D eigenvalue weighted by Crippen LogP contribution is -2.47. The van der Waals surface area contributed by atoms with Gasteiger partial charge in [-0.25, -0.2) is 0 Å². The van der Waals surface area contributed by atoms with Gasteiger partial charge in [0.05, 0.1) is 11.8 Å². The average molecular weight is 222 g/mol. The number of rotatable bonds is 1. The highest BCUT2D eigenvalue weighted by molar-refractivity contribution is 5.95. The first kappa shape index (κ1) is 11.1. The Hall–Kier alpha value is -1.36. The molecule has 1 saturated heterocycles. The minimum atomic E-state index is 0.110. The maximum atomic E-state index is 12.2. The van der Waals surface area contributed by atoms with Gasteiger partial charge >= 0.3 is 0 Å². The van der Waals surface area contributed by atoms with Crippen LogP contribution in [0.5, 0.6) is 0 Å². The van der Waals surface area contributed by atoms with E-state index in [4.69, 9.17) is 0 Å². The lowest BCUT2D eigenvalue weighted by atomic mass is 10.2. The van der Waals surface area contributed by atoms with Crippen molar-refractivity contribution in [1.29, 1.82) is 0 Å². The van der Waals surface area contributed by atoms with Gasteiger partial charge in [0.15, 0.2) is 0 Å². The van der Waals surface area contributed by atoms with Crippen LogP contribution in [0.25, 0.3) is 0 Å². The van der Waals surface area contributed by atoms with Gasteiger partial charge in [0, 0.05) is 38.9 Å². The van der Waals surface area contributed by atoms with Gasteiger partial charge in [0.2, 0.25) is 0 Å². The minimum Gasteiger partial charge on any atom is -0.336 e. The summed E-state index contributed by atoms with van der Waals surface area (Å²) in [6.07, 6.45) is 1.66. The zero-order valence-electron chi connectivity index (χ0n) is 10.1. The summed E-state index contributed by atoms with van der Waals surface area (Å²) in [4.78, 5) is 16.3. The second kappa shape index (κ2) is 4.25. The number of hydrogen-bond acceptors (Lipinski definition) is 3. The predicted octanol–water partition coefficient (Wildman–Crippen LogP) is 0.116. The largest absolute Gasteiger partial charge is 0.336 e. The molecule has 2 heterocycles. The van der Waals surface area contributed by atoms with E-state index in [9.17, 15) is 4.79 Å². The van der Waals surface area contributed by atoms with Crippen LogP contribution in [0.2, 0.25) is 0 Å². The van der Waals surface area contributed by atoms with Crippen molar-refractivity contribution in [3.05, 3.63) is 17.5 Å². The van der Waals surface area contributed by atoms with Crippen LogP contribution in [0, 0.1) is 6.92 Å². The molecular formula is C11H18N4O. The first-order valence-corrected chi connectivity index (χ1v) is 5.56. The van der Waals surface area contributed by atoms with E-state index >= 15 is 0 Å². The van der Waals surface area contributed by atoms with E-state index < -0.39 is 0 Å². The number of carbonyl (C=O) groups is 1. The van der Waals surface area contributed by atoms with Crippen LogP contribution >= 0.6 is 0 Å². The predicted molar refractivity (Wildman–Crippen MR) is 61.3 cm³/mol. The number of amides is 1. The third-order valence-corrected chi connectivity index (χ3v) is 3.26. The van der Waals surface area contributed by atoms with Crippen molar-refractivity contribution >= 4 is 5.91 Å². The Balaban J connectivity index is 2.11. The van der Waals surface area contributed by atoms with Crippen molar-refractivity contribution in [1.82, 2.24) is 19.6 Å². The molecule has 1 aliphatic rings. The minimum absolute atomic E-state index is 0.110. The molecule has 88 valence electrons. The highest BCUT2D eigenvalue weighted by Crippen LogP contribution is 2.11. The number of carbonyl (C=O) groups excluding carboxylic acids is 1. The summed E-state index contributed by atoms with van der Waals surface area (Å²) >= 11 is 0. The quantitative estimate of drug-likeness (QED) is 0.677.